The molecule has 0 aromatic heterocycles. The minimum absolute atomic E-state index is 0.769. The molecule has 0 rings (SSSR count). The number of halogens is 1. The van der Waals surface area contributed by atoms with Gasteiger partial charge < -0.3 is 0 Å². The molecule has 0 aromatic rings. The third-order valence-corrected chi connectivity index (χ3v) is 0. The van der Waals surface area contributed by atoms with E-state index in [0.29, 0.717) is 0 Å². The molecule has 0 aromatic carbocycles. The fraction of sp³-hybridized carbons (Fsp3) is 0. The molecular weight excluding hydrogens is 181 g/mol. The summed E-state index contributed by atoms with van der Waals surface area (Å²) < 4.78 is 0.769. The van der Waals surface area contributed by atoms with Gasteiger partial charge in [0.05, 0.1) is 0 Å². The van der Waals surface area contributed by atoms with Gasteiger partial charge in [-0.3, -0.25) is 0 Å². The van der Waals surface area contributed by atoms with Crippen LogP contribution in [0.3, 0.4) is 0 Å². The van der Waals surface area contributed by atoms with E-state index in [2.05, 4.69) is 6.58 Å². The predicted octanol–water partition coefficient (Wildman–Crippen LogP) is 0.329. The molecule has 0 amide bonds. The van der Waals surface area contributed by atoms with Gasteiger partial charge in [-0.25, -0.2) is 0 Å². The normalized spacial score (nSPS) is 6.50. The van der Waals surface area contributed by atoms with Gasteiger partial charge in [-0.2, -0.15) is 0 Å². The molecule has 0 spiro atoms. The molecular formula is C2H4ClSb. The molecule has 0 radical (unpaired) electrons. The van der Waals surface area contributed by atoms with Gasteiger partial charge in [-0.1, -0.05) is 0 Å². The van der Waals surface area contributed by atoms with E-state index < -0.39 is 0 Å². The molecule has 0 aliphatic heterocycles. The summed E-state index contributed by atoms with van der Waals surface area (Å²) in [7, 11) is 0. The van der Waals surface area contributed by atoms with E-state index in [1.807, 2.05) is 0 Å². The van der Waals surface area contributed by atoms with Crippen molar-refractivity contribution in [3.05, 3.63) is 9.56 Å². The fourth-order valence-electron chi connectivity index (χ4n) is 0. The first kappa shape index (κ1) is 4.85. The Morgan fingerprint density at radius 1 is 2.00 bits per heavy atom. The molecule has 0 aliphatic rings. The number of hydrogen-bond donors (Lipinski definition) is 0. The van der Waals surface area contributed by atoms with Crippen molar-refractivity contribution >= 4 is 34.6 Å². The summed E-state index contributed by atoms with van der Waals surface area (Å²) in [5, 5.41) is 0. The minimum atomic E-state index is 0.769. The molecule has 0 bridgehead atoms. The van der Waals surface area contributed by atoms with Crippen molar-refractivity contribution in [3.8, 4) is 0 Å². The Balaban J connectivity index is 2.80. The Bertz CT molecular complexity index is 29.0. The van der Waals surface area contributed by atoms with Crippen molar-refractivity contribution in [2.75, 3.05) is 0 Å². The van der Waals surface area contributed by atoms with Crippen LogP contribution in [-0.4, -0.2) is 23.0 Å². The third-order valence-electron chi connectivity index (χ3n) is 0. The predicted molar refractivity (Wildman–Crippen MR) is 23.5 cm³/mol. The molecule has 0 atom stereocenters. The summed E-state index contributed by atoms with van der Waals surface area (Å²) in [4.78, 5) is 0. The van der Waals surface area contributed by atoms with E-state index >= 15 is 0 Å². The van der Waals surface area contributed by atoms with Gasteiger partial charge in [0.1, 0.15) is 0 Å². The van der Waals surface area contributed by atoms with Crippen LogP contribution >= 0.6 is 11.6 Å². The molecule has 2 heteroatoms. The number of rotatable bonds is 0. The molecule has 0 nitrogen and oxygen atoms in total. The molecule has 0 unspecified atom stereocenters. The van der Waals surface area contributed by atoms with Crippen LogP contribution in [0.25, 0.3) is 0 Å². The second kappa shape index (κ2) is 2.11. The summed E-state index contributed by atoms with van der Waals surface area (Å²) in [6.45, 7) is 3.38. The molecule has 4 heavy (non-hydrogen) atoms. The summed E-state index contributed by atoms with van der Waals surface area (Å²) in [5.41, 5.74) is 0. The number of hydrogen-bond acceptors (Lipinski definition) is 0. The van der Waals surface area contributed by atoms with Crippen molar-refractivity contribution in [3.63, 3.8) is 0 Å². The van der Waals surface area contributed by atoms with Crippen LogP contribution in [-0.2, 0) is 0 Å². The monoisotopic (exact) mass is 184 g/mol. The van der Waals surface area contributed by atoms with Crippen molar-refractivity contribution in [1.82, 2.24) is 0 Å². The van der Waals surface area contributed by atoms with Gasteiger partial charge in [-0.05, 0) is 0 Å². The SMILES string of the molecule is C=[C](Cl)[SbH2]. The van der Waals surface area contributed by atoms with Gasteiger partial charge in [0, 0.05) is 0 Å². The van der Waals surface area contributed by atoms with Crippen molar-refractivity contribution in [2.24, 2.45) is 0 Å². The van der Waals surface area contributed by atoms with E-state index in [4.69, 9.17) is 11.6 Å². The topological polar surface area (TPSA) is 0 Å². The van der Waals surface area contributed by atoms with E-state index in [0.717, 1.165) is 26.0 Å². The molecule has 0 heterocycles. The average molecular weight is 185 g/mol. The van der Waals surface area contributed by atoms with Crippen LogP contribution in [0.4, 0.5) is 0 Å². The van der Waals surface area contributed by atoms with Crippen LogP contribution in [0.2, 0.25) is 0 Å². The van der Waals surface area contributed by atoms with Crippen LogP contribution in [0.1, 0.15) is 0 Å². The van der Waals surface area contributed by atoms with Crippen LogP contribution in [0.5, 0.6) is 0 Å². The molecule has 0 N–H and O–H groups in total. The Hall–Kier alpha value is 0.848. The first-order valence-electron chi connectivity index (χ1n) is 0.831. The van der Waals surface area contributed by atoms with E-state index in [1.54, 1.807) is 0 Å². The Labute approximate surface area is 44.3 Å². The maximum absolute atomic E-state index is 5.14. The second-order valence-electron chi connectivity index (χ2n) is 0.447. The van der Waals surface area contributed by atoms with E-state index in [9.17, 15) is 0 Å². The van der Waals surface area contributed by atoms with Crippen molar-refractivity contribution < 1.29 is 0 Å². The molecule has 0 saturated heterocycles. The Kier molecular flexibility index (Phi) is 2.56. The van der Waals surface area contributed by atoms with Gasteiger partial charge >= 0.3 is 44.2 Å². The molecule has 0 fully saturated rings. The van der Waals surface area contributed by atoms with Crippen LogP contribution in [0.15, 0.2) is 9.56 Å². The summed E-state index contributed by atoms with van der Waals surface area (Å²) >= 11 is 6.11. The Morgan fingerprint density at radius 2 is 2.00 bits per heavy atom. The van der Waals surface area contributed by atoms with Crippen molar-refractivity contribution in [1.29, 1.82) is 0 Å². The third kappa shape index (κ3) is 13.5. The zero-order chi connectivity index (χ0) is 3.58. The molecule has 0 aliphatic carbocycles. The van der Waals surface area contributed by atoms with Gasteiger partial charge in [0.2, 0.25) is 0 Å². The summed E-state index contributed by atoms with van der Waals surface area (Å²) in [5.74, 6) is 0. The maximum atomic E-state index is 5.14. The van der Waals surface area contributed by atoms with Gasteiger partial charge in [-0.15, -0.1) is 0 Å². The standard InChI is InChI=1S/C2H2Cl.Sb.2H/c1-2-3;;;/h1H2;;;. The first-order chi connectivity index (χ1) is 1.73. The average Bonchev–Trinajstić information content (AvgIpc) is 0.811. The fourth-order valence-corrected chi connectivity index (χ4v) is 0. The first-order valence-corrected chi connectivity index (χ1v) is 2.86. The van der Waals surface area contributed by atoms with E-state index in [1.165, 1.54) is 0 Å². The van der Waals surface area contributed by atoms with Gasteiger partial charge in [0.25, 0.3) is 0 Å². The van der Waals surface area contributed by atoms with Crippen molar-refractivity contribution in [2.45, 2.75) is 0 Å². The van der Waals surface area contributed by atoms with Crippen LogP contribution in [0, 0.1) is 0 Å². The molecule has 24 valence electrons. The van der Waals surface area contributed by atoms with Crippen LogP contribution < -0.4 is 0 Å². The summed E-state index contributed by atoms with van der Waals surface area (Å²) in [6, 6.07) is 0. The second-order valence-corrected chi connectivity index (χ2v) is 3.97. The Morgan fingerprint density at radius 3 is 2.00 bits per heavy atom. The van der Waals surface area contributed by atoms with Gasteiger partial charge in [0.15, 0.2) is 0 Å². The quantitative estimate of drug-likeness (QED) is 0.477. The zero-order valence-electron chi connectivity index (χ0n) is 2.16. The van der Waals surface area contributed by atoms with E-state index in [-0.39, 0.29) is 0 Å². The summed E-state index contributed by atoms with van der Waals surface area (Å²) in [6.07, 6.45) is 0. The zero-order valence-corrected chi connectivity index (χ0v) is 6.21. The molecule has 0 saturated carbocycles.